The number of nitriles is 1. The molecule has 0 heterocycles. The summed E-state index contributed by atoms with van der Waals surface area (Å²) >= 11 is 0. The summed E-state index contributed by atoms with van der Waals surface area (Å²) in [4.78, 5) is 2.14. The Morgan fingerprint density at radius 1 is 1.40 bits per heavy atom. The maximum Gasteiger partial charge on any atom is 0.0868 e. The molecule has 0 spiro atoms. The number of rotatable bonds is 2. The fourth-order valence-electron chi connectivity index (χ4n) is 2.49. The van der Waals surface area contributed by atoms with Crippen LogP contribution in [0, 0.1) is 11.3 Å². The van der Waals surface area contributed by atoms with Crippen LogP contribution in [0.2, 0.25) is 0 Å². The number of hydrogen-bond acceptors (Lipinski definition) is 2. The number of nitrogens with zero attached hydrogens (tertiary/aromatic N) is 2. The second kappa shape index (κ2) is 4.04. The maximum atomic E-state index is 8.72. The molecule has 2 rings (SSSR count). The summed E-state index contributed by atoms with van der Waals surface area (Å²) in [6.45, 7) is 2.77. The minimum atomic E-state index is 0.427. The normalized spacial score (nSPS) is 23.9. The largest absolute Gasteiger partial charge is 0.287 e. The molecule has 1 aromatic carbocycles. The first-order valence-corrected chi connectivity index (χ1v) is 5.40. The van der Waals surface area contributed by atoms with Crippen molar-refractivity contribution in [3.63, 3.8) is 0 Å². The van der Waals surface area contributed by atoms with Gasteiger partial charge in [0.05, 0.1) is 12.6 Å². The Hall–Kier alpha value is -1.33. The van der Waals surface area contributed by atoms with E-state index in [0.717, 1.165) is 6.42 Å². The van der Waals surface area contributed by atoms with Gasteiger partial charge in [-0.15, -0.1) is 0 Å². The molecule has 15 heavy (non-hydrogen) atoms. The molecule has 1 aliphatic carbocycles. The predicted octanol–water partition coefficient (Wildman–Crippen LogP) is 2.69. The third-order valence-electron chi connectivity index (χ3n) is 3.31. The highest BCUT2D eigenvalue weighted by molar-refractivity contribution is 5.37. The van der Waals surface area contributed by atoms with Gasteiger partial charge in [0.15, 0.2) is 0 Å². The molecule has 0 saturated carbocycles. The van der Waals surface area contributed by atoms with E-state index in [4.69, 9.17) is 5.26 Å². The van der Waals surface area contributed by atoms with E-state index in [0.29, 0.717) is 18.5 Å². The molecule has 2 nitrogen and oxygen atoms in total. The van der Waals surface area contributed by atoms with Gasteiger partial charge < -0.3 is 0 Å². The smallest absolute Gasteiger partial charge is 0.0868 e. The van der Waals surface area contributed by atoms with Crippen molar-refractivity contribution in [3.05, 3.63) is 35.4 Å². The number of fused-ring (bicyclic) bond motifs is 1. The summed E-state index contributed by atoms with van der Waals surface area (Å²) < 4.78 is 0. The molecule has 0 amide bonds. The predicted molar refractivity (Wildman–Crippen MR) is 60.5 cm³/mol. The van der Waals surface area contributed by atoms with Gasteiger partial charge in [-0.2, -0.15) is 5.26 Å². The van der Waals surface area contributed by atoms with Crippen LogP contribution < -0.4 is 0 Å². The first-order chi connectivity index (χ1) is 7.24. The highest BCUT2D eigenvalue weighted by atomic mass is 15.1. The summed E-state index contributed by atoms with van der Waals surface area (Å²) in [6.07, 6.45) is 1.14. The van der Waals surface area contributed by atoms with Gasteiger partial charge in [0.2, 0.25) is 0 Å². The summed E-state index contributed by atoms with van der Waals surface area (Å²) in [6, 6.07) is 11.2. The molecule has 0 saturated heterocycles. The third kappa shape index (κ3) is 1.75. The highest BCUT2D eigenvalue weighted by Gasteiger charge is 2.29. The van der Waals surface area contributed by atoms with Crippen LogP contribution in [0.25, 0.3) is 0 Å². The molecule has 0 radical (unpaired) electrons. The van der Waals surface area contributed by atoms with Crippen LogP contribution in [0.3, 0.4) is 0 Å². The van der Waals surface area contributed by atoms with Crippen molar-refractivity contribution in [2.45, 2.75) is 25.3 Å². The minimum Gasteiger partial charge on any atom is -0.287 e. The molecular weight excluding hydrogens is 184 g/mol. The fraction of sp³-hybridized carbons (Fsp3) is 0.462. The van der Waals surface area contributed by atoms with Crippen LogP contribution in [-0.4, -0.2) is 18.5 Å². The van der Waals surface area contributed by atoms with Crippen LogP contribution in [-0.2, 0) is 0 Å². The maximum absolute atomic E-state index is 8.72. The molecular formula is C13H16N2. The topological polar surface area (TPSA) is 27.0 Å². The quantitative estimate of drug-likeness (QED) is 0.686. The van der Waals surface area contributed by atoms with Crippen molar-refractivity contribution < 1.29 is 0 Å². The summed E-state index contributed by atoms with van der Waals surface area (Å²) in [5.74, 6) is 0.618. The van der Waals surface area contributed by atoms with Gasteiger partial charge >= 0.3 is 0 Å². The van der Waals surface area contributed by atoms with E-state index in [1.54, 1.807) is 0 Å². The van der Waals surface area contributed by atoms with Crippen LogP contribution in [0.15, 0.2) is 24.3 Å². The Morgan fingerprint density at radius 3 is 2.73 bits per heavy atom. The van der Waals surface area contributed by atoms with Crippen LogP contribution >= 0.6 is 0 Å². The molecule has 1 aromatic rings. The van der Waals surface area contributed by atoms with E-state index >= 15 is 0 Å². The van der Waals surface area contributed by atoms with Gasteiger partial charge in [-0.25, -0.2) is 0 Å². The van der Waals surface area contributed by atoms with E-state index in [2.05, 4.69) is 42.2 Å². The van der Waals surface area contributed by atoms with Gasteiger partial charge in [-0.05, 0) is 30.5 Å². The number of benzene rings is 1. The summed E-state index contributed by atoms with van der Waals surface area (Å²) in [5, 5.41) is 8.72. The Morgan fingerprint density at radius 2 is 2.07 bits per heavy atom. The molecule has 0 bridgehead atoms. The van der Waals surface area contributed by atoms with Crippen LogP contribution in [0.5, 0.6) is 0 Å². The second-order valence-electron chi connectivity index (χ2n) is 4.35. The molecule has 78 valence electrons. The Bertz CT molecular complexity index is 392. The lowest BCUT2D eigenvalue weighted by Crippen LogP contribution is -2.23. The average Bonchev–Trinajstić information content (AvgIpc) is 2.58. The second-order valence-corrected chi connectivity index (χ2v) is 4.35. The fourth-order valence-corrected chi connectivity index (χ4v) is 2.49. The summed E-state index contributed by atoms with van der Waals surface area (Å²) in [5.41, 5.74) is 2.86. The van der Waals surface area contributed by atoms with E-state index in [1.165, 1.54) is 11.1 Å². The molecule has 2 atom stereocenters. The van der Waals surface area contributed by atoms with Crippen molar-refractivity contribution in [1.82, 2.24) is 4.90 Å². The first-order valence-electron chi connectivity index (χ1n) is 5.40. The van der Waals surface area contributed by atoms with Gasteiger partial charge in [-0.3, -0.25) is 4.90 Å². The van der Waals surface area contributed by atoms with E-state index in [9.17, 15) is 0 Å². The standard InChI is InChI=1S/C13H16N2/c1-10-9-13(15(2)8-7-14)12-6-4-3-5-11(10)12/h3-6,10,13H,8-9H2,1-2H3. The average molecular weight is 200 g/mol. The molecule has 0 fully saturated rings. The van der Waals surface area contributed by atoms with Crippen LogP contribution in [0.1, 0.15) is 36.4 Å². The van der Waals surface area contributed by atoms with Gasteiger partial charge in [0.1, 0.15) is 0 Å². The Labute approximate surface area is 91.1 Å². The van der Waals surface area contributed by atoms with Crippen molar-refractivity contribution in [1.29, 1.82) is 5.26 Å². The minimum absolute atomic E-state index is 0.427. The zero-order valence-electron chi connectivity index (χ0n) is 9.27. The molecule has 0 N–H and O–H groups in total. The van der Waals surface area contributed by atoms with Gasteiger partial charge in [0, 0.05) is 6.04 Å². The molecule has 0 aliphatic heterocycles. The zero-order valence-corrected chi connectivity index (χ0v) is 9.27. The van der Waals surface area contributed by atoms with E-state index in [1.807, 2.05) is 7.05 Å². The van der Waals surface area contributed by atoms with Crippen molar-refractivity contribution in [2.75, 3.05) is 13.6 Å². The monoisotopic (exact) mass is 200 g/mol. The Balaban J connectivity index is 2.29. The first kappa shape index (κ1) is 10.2. The summed E-state index contributed by atoms with van der Waals surface area (Å²) in [7, 11) is 2.03. The van der Waals surface area contributed by atoms with E-state index < -0.39 is 0 Å². The van der Waals surface area contributed by atoms with Crippen molar-refractivity contribution in [2.24, 2.45) is 0 Å². The number of hydrogen-bond donors (Lipinski definition) is 0. The van der Waals surface area contributed by atoms with Crippen molar-refractivity contribution in [3.8, 4) is 6.07 Å². The van der Waals surface area contributed by atoms with Gasteiger partial charge in [-0.1, -0.05) is 31.2 Å². The zero-order chi connectivity index (χ0) is 10.8. The van der Waals surface area contributed by atoms with Crippen LogP contribution in [0.4, 0.5) is 0 Å². The lowest BCUT2D eigenvalue weighted by Gasteiger charge is -2.22. The lowest BCUT2D eigenvalue weighted by atomic mass is 10.0. The molecule has 2 heteroatoms. The van der Waals surface area contributed by atoms with Crippen molar-refractivity contribution >= 4 is 0 Å². The highest BCUT2D eigenvalue weighted by Crippen LogP contribution is 2.42. The molecule has 1 aliphatic rings. The van der Waals surface area contributed by atoms with E-state index in [-0.39, 0.29) is 0 Å². The third-order valence-corrected chi connectivity index (χ3v) is 3.31. The SMILES string of the molecule is CC1CC(N(C)CC#N)c2ccccc21. The molecule has 0 aromatic heterocycles. The lowest BCUT2D eigenvalue weighted by molar-refractivity contribution is 0.266. The molecule has 2 unspecified atom stereocenters. The van der Waals surface area contributed by atoms with Gasteiger partial charge in [0.25, 0.3) is 0 Å². The Kier molecular flexibility index (Phi) is 2.75.